The number of H-pyrrole nitrogens is 1. The average Bonchev–Trinajstić information content (AvgIpc) is 3.44. The molecule has 166 valence electrons. The summed E-state index contributed by atoms with van der Waals surface area (Å²) < 4.78 is 0. The minimum atomic E-state index is -0.143. The van der Waals surface area contributed by atoms with E-state index in [4.69, 9.17) is 11.6 Å². The summed E-state index contributed by atoms with van der Waals surface area (Å²) >= 11 is 6.57. The second kappa shape index (κ2) is 8.75. The Balaban J connectivity index is 1.42. The zero-order valence-corrected chi connectivity index (χ0v) is 19.0. The molecule has 0 spiro atoms. The molecule has 4 aromatic rings. The molecule has 1 aliphatic heterocycles. The summed E-state index contributed by atoms with van der Waals surface area (Å²) in [5.41, 5.74) is 5.62. The van der Waals surface area contributed by atoms with Gasteiger partial charge in [-0.3, -0.25) is 9.59 Å². The molecule has 1 atom stereocenters. The first-order chi connectivity index (χ1) is 16.0. The Morgan fingerprint density at radius 2 is 1.85 bits per heavy atom. The number of rotatable bonds is 5. The molecule has 1 aliphatic rings. The zero-order valence-electron chi connectivity index (χ0n) is 18.3. The second-order valence-electron chi connectivity index (χ2n) is 8.34. The highest BCUT2D eigenvalue weighted by molar-refractivity contribution is 6.31. The molecule has 2 N–H and O–H groups in total. The molecule has 3 aromatic carbocycles. The van der Waals surface area contributed by atoms with Gasteiger partial charge in [0.05, 0.1) is 0 Å². The quantitative estimate of drug-likeness (QED) is 0.427. The van der Waals surface area contributed by atoms with Crippen molar-refractivity contribution in [2.45, 2.75) is 19.3 Å². The van der Waals surface area contributed by atoms with Gasteiger partial charge in [-0.15, -0.1) is 0 Å². The smallest absolute Gasteiger partial charge is 0.251 e. The van der Waals surface area contributed by atoms with Crippen LogP contribution in [0.3, 0.4) is 0 Å². The number of amides is 2. The average molecular weight is 458 g/mol. The van der Waals surface area contributed by atoms with Crippen LogP contribution in [0.15, 0.2) is 72.9 Å². The van der Waals surface area contributed by atoms with E-state index in [0.717, 1.165) is 39.7 Å². The molecule has 0 radical (unpaired) electrons. The van der Waals surface area contributed by atoms with Crippen molar-refractivity contribution in [2.24, 2.45) is 0 Å². The molecule has 33 heavy (non-hydrogen) atoms. The van der Waals surface area contributed by atoms with Crippen LogP contribution < -0.4 is 10.2 Å². The Bertz CT molecular complexity index is 1360. The molecule has 0 fully saturated rings. The molecule has 2 heterocycles. The number of nitrogens with one attached hydrogen (secondary N) is 2. The van der Waals surface area contributed by atoms with Crippen LogP contribution in [0, 0.1) is 0 Å². The fourth-order valence-corrected chi connectivity index (χ4v) is 4.96. The maximum atomic E-state index is 13.1. The largest absolute Gasteiger partial charge is 0.361 e. The van der Waals surface area contributed by atoms with Crippen LogP contribution >= 0.6 is 11.6 Å². The van der Waals surface area contributed by atoms with Crippen LogP contribution in [0.1, 0.15) is 39.9 Å². The van der Waals surface area contributed by atoms with Crippen molar-refractivity contribution >= 4 is 40.0 Å². The maximum Gasteiger partial charge on any atom is 0.251 e. The zero-order chi connectivity index (χ0) is 22.9. The SMILES string of the molecule is CC(=O)N1CCc2cc(C(=O)NCC(c3ccccc3Cl)c3c[nH]c4ccccc34)ccc21. The standard InChI is InChI=1S/C27H24ClN3O2/c1-17(32)31-13-12-18-14-19(10-11-26(18)31)27(33)30-16-22(20-6-2-4-8-24(20)28)23-15-29-25-9-5-3-7-21(23)25/h2-11,14-15,22,29H,12-13,16H2,1H3,(H,30,33). The first-order valence-corrected chi connectivity index (χ1v) is 11.4. The molecule has 1 unspecified atom stereocenters. The summed E-state index contributed by atoms with van der Waals surface area (Å²) in [5, 5.41) is 4.89. The van der Waals surface area contributed by atoms with Crippen molar-refractivity contribution in [2.75, 3.05) is 18.0 Å². The van der Waals surface area contributed by atoms with E-state index >= 15 is 0 Å². The second-order valence-corrected chi connectivity index (χ2v) is 8.75. The first-order valence-electron chi connectivity index (χ1n) is 11.0. The van der Waals surface area contributed by atoms with Gasteiger partial charge >= 0.3 is 0 Å². The lowest BCUT2D eigenvalue weighted by Gasteiger charge is -2.20. The van der Waals surface area contributed by atoms with Crippen LogP contribution in [-0.4, -0.2) is 29.9 Å². The van der Waals surface area contributed by atoms with E-state index in [0.29, 0.717) is 23.7 Å². The third-order valence-electron chi connectivity index (χ3n) is 6.36. The van der Waals surface area contributed by atoms with Crippen molar-refractivity contribution in [3.63, 3.8) is 0 Å². The van der Waals surface area contributed by atoms with Gasteiger partial charge in [-0.05, 0) is 53.4 Å². The van der Waals surface area contributed by atoms with E-state index in [1.54, 1.807) is 17.9 Å². The van der Waals surface area contributed by atoms with Crippen molar-refractivity contribution in [1.29, 1.82) is 0 Å². The van der Waals surface area contributed by atoms with E-state index in [-0.39, 0.29) is 17.7 Å². The van der Waals surface area contributed by atoms with E-state index < -0.39 is 0 Å². The van der Waals surface area contributed by atoms with Crippen LogP contribution in [0.5, 0.6) is 0 Å². The lowest BCUT2D eigenvalue weighted by atomic mass is 9.90. The van der Waals surface area contributed by atoms with Gasteiger partial charge in [0.15, 0.2) is 0 Å². The molecule has 0 bridgehead atoms. The molecule has 0 saturated carbocycles. The Kier molecular flexibility index (Phi) is 5.65. The number of hydrogen-bond acceptors (Lipinski definition) is 2. The fourth-order valence-electron chi connectivity index (χ4n) is 4.69. The number of fused-ring (bicyclic) bond motifs is 2. The number of hydrogen-bond donors (Lipinski definition) is 2. The lowest BCUT2D eigenvalue weighted by Crippen LogP contribution is -2.29. The number of para-hydroxylation sites is 1. The van der Waals surface area contributed by atoms with Crippen molar-refractivity contribution in [1.82, 2.24) is 10.3 Å². The minimum Gasteiger partial charge on any atom is -0.361 e. The van der Waals surface area contributed by atoms with Crippen molar-refractivity contribution in [3.05, 3.63) is 100 Å². The van der Waals surface area contributed by atoms with Gasteiger partial charge in [0, 0.05) is 59.3 Å². The number of carbonyl (C=O) groups is 2. The number of aromatic amines is 1. The van der Waals surface area contributed by atoms with Gasteiger partial charge in [0.25, 0.3) is 5.91 Å². The van der Waals surface area contributed by atoms with Gasteiger partial charge in [0.2, 0.25) is 5.91 Å². The molecule has 0 aliphatic carbocycles. The van der Waals surface area contributed by atoms with Crippen LogP contribution in [-0.2, 0) is 11.2 Å². The fraction of sp³-hybridized carbons (Fsp3) is 0.185. The van der Waals surface area contributed by atoms with Crippen molar-refractivity contribution in [3.8, 4) is 0 Å². The Morgan fingerprint density at radius 1 is 1.06 bits per heavy atom. The summed E-state index contributed by atoms with van der Waals surface area (Å²) in [4.78, 5) is 30.0. The topological polar surface area (TPSA) is 65.2 Å². The molecule has 1 aromatic heterocycles. The third-order valence-corrected chi connectivity index (χ3v) is 6.71. The Morgan fingerprint density at radius 3 is 2.67 bits per heavy atom. The lowest BCUT2D eigenvalue weighted by molar-refractivity contribution is -0.116. The number of carbonyl (C=O) groups excluding carboxylic acids is 2. The summed E-state index contributed by atoms with van der Waals surface area (Å²) in [7, 11) is 0. The number of anilines is 1. The number of benzene rings is 3. The molecular formula is C27H24ClN3O2. The number of halogens is 1. The van der Waals surface area contributed by atoms with Crippen LogP contribution in [0.4, 0.5) is 5.69 Å². The summed E-state index contributed by atoms with van der Waals surface area (Å²) in [6.07, 6.45) is 2.75. The third kappa shape index (κ3) is 4.00. The molecule has 2 amide bonds. The minimum absolute atomic E-state index is 0.0206. The number of nitrogens with zero attached hydrogens (tertiary/aromatic N) is 1. The molecular weight excluding hydrogens is 434 g/mol. The predicted octanol–water partition coefficient (Wildman–Crippen LogP) is 5.29. The van der Waals surface area contributed by atoms with Gasteiger partial charge in [-0.1, -0.05) is 48.0 Å². The first kappa shape index (κ1) is 21.3. The summed E-state index contributed by atoms with van der Waals surface area (Å²) in [5.74, 6) is -0.232. The highest BCUT2D eigenvalue weighted by Gasteiger charge is 2.24. The molecule has 0 saturated heterocycles. The van der Waals surface area contributed by atoms with Gasteiger partial charge in [-0.2, -0.15) is 0 Å². The van der Waals surface area contributed by atoms with Crippen LogP contribution in [0.2, 0.25) is 5.02 Å². The Hall–Kier alpha value is -3.57. The van der Waals surface area contributed by atoms with E-state index in [1.807, 2.05) is 60.8 Å². The van der Waals surface area contributed by atoms with Gasteiger partial charge < -0.3 is 15.2 Å². The van der Waals surface area contributed by atoms with Gasteiger partial charge in [-0.25, -0.2) is 0 Å². The van der Waals surface area contributed by atoms with E-state index in [2.05, 4.69) is 16.4 Å². The summed E-state index contributed by atoms with van der Waals surface area (Å²) in [6.45, 7) is 2.63. The number of aromatic nitrogens is 1. The normalized spacial score (nSPS) is 13.7. The molecule has 5 rings (SSSR count). The monoisotopic (exact) mass is 457 g/mol. The van der Waals surface area contributed by atoms with Crippen LogP contribution in [0.25, 0.3) is 10.9 Å². The van der Waals surface area contributed by atoms with Gasteiger partial charge in [0.1, 0.15) is 0 Å². The predicted molar refractivity (Wildman–Crippen MR) is 132 cm³/mol. The van der Waals surface area contributed by atoms with E-state index in [1.165, 1.54) is 0 Å². The molecule has 5 nitrogen and oxygen atoms in total. The van der Waals surface area contributed by atoms with Crippen molar-refractivity contribution < 1.29 is 9.59 Å². The highest BCUT2D eigenvalue weighted by atomic mass is 35.5. The van der Waals surface area contributed by atoms with E-state index in [9.17, 15) is 9.59 Å². The summed E-state index contributed by atoms with van der Waals surface area (Å²) in [6, 6.07) is 21.4. The maximum absolute atomic E-state index is 13.1. The highest BCUT2D eigenvalue weighted by Crippen LogP contribution is 2.34. The Labute approximate surface area is 197 Å². The molecule has 6 heteroatoms.